The molecule has 0 atom stereocenters. The quantitative estimate of drug-likeness (QED) is 0.156. The van der Waals surface area contributed by atoms with Crippen molar-refractivity contribution in [3.63, 3.8) is 0 Å². The van der Waals surface area contributed by atoms with E-state index in [1.807, 2.05) is 80.6 Å². The lowest BCUT2D eigenvalue weighted by Crippen LogP contribution is -2.21. The molecule has 1 heterocycles. The van der Waals surface area contributed by atoms with Crippen LogP contribution in [-0.4, -0.2) is 22.5 Å². The van der Waals surface area contributed by atoms with E-state index in [2.05, 4.69) is 19.9 Å². The van der Waals surface area contributed by atoms with Crippen molar-refractivity contribution in [3.05, 3.63) is 135 Å². The highest BCUT2D eigenvalue weighted by Gasteiger charge is 2.19. The lowest BCUT2D eigenvalue weighted by atomic mass is 9.96. The van der Waals surface area contributed by atoms with E-state index in [-0.39, 0.29) is 23.9 Å². The second-order valence-electron chi connectivity index (χ2n) is 11.2. The molecule has 6 aromatic rings. The molecule has 0 aliphatic carbocycles. The Bertz CT molecular complexity index is 2120. The first-order valence-corrected chi connectivity index (χ1v) is 15.1. The molecule has 0 saturated carbocycles. The summed E-state index contributed by atoms with van der Waals surface area (Å²) in [5.41, 5.74) is 4.44. The lowest BCUT2D eigenvalue weighted by Gasteiger charge is -2.18. The van der Waals surface area contributed by atoms with E-state index < -0.39 is 0 Å². The number of halogens is 1. The Morgan fingerprint density at radius 3 is 2.44 bits per heavy atom. The molecule has 0 N–H and O–H groups in total. The van der Waals surface area contributed by atoms with Gasteiger partial charge in [0.15, 0.2) is 5.82 Å². The Hall–Kier alpha value is -5.30. The Labute approximate surface area is 261 Å². The number of ether oxygens (including phenoxy) is 2. The summed E-state index contributed by atoms with van der Waals surface area (Å²) in [6.45, 7) is 8.90. The van der Waals surface area contributed by atoms with Gasteiger partial charge < -0.3 is 9.47 Å². The van der Waals surface area contributed by atoms with Crippen LogP contribution >= 0.6 is 0 Å². The number of hydrogen-bond donors (Lipinski definition) is 0. The van der Waals surface area contributed by atoms with Gasteiger partial charge >= 0.3 is 0 Å². The zero-order valence-electron chi connectivity index (χ0n) is 25.8. The molecule has 0 saturated heterocycles. The van der Waals surface area contributed by atoms with E-state index >= 15 is 0 Å². The molecule has 7 heteroatoms. The fourth-order valence-corrected chi connectivity index (χ4v) is 5.51. The van der Waals surface area contributed by atoms with Crippen LogP contribution in [0.25, 0.3) is 33.1 Å². The molecule has 6 rings (SSSR count). The van der Waals surface area contributed by atoms with Crippen LogP contribution in [0.1, 0.15) is 48.9 Å². The minimum Gasteiger partial charge on any atom is -0.494 e. The number of rotatable bonds is 9. The summed E-state index contributed by atoms with van der Waals surface area (Å²) in [5.74, 6) is 1.67. The number of aryl methyl sites for hydroxylation is 1. The van der Waals surface area contributed by atoms with E-state index in [0.29, 0.717) is 40.2 Å². The van der Waals surface area contributed by atoms with Gasteiger partial charge in [-0.15, -0.1) is 0 Å². The number of nitrogens with zero attached hydrogens (tertiary/aromatic N) is 3. The van der Waals surface area contributed by atoms with E-state index in [1.54, 1.807) is 18.3 Å². The third-order valence-electron chi connectivity index (χ3n) is 7.79. The van der Waals surface area contributed by atoms with E-state index in [4.69, 9.17) is 19.6 Å². The minimum atomic E-state index is -0.322. The van der Waals surface area contributed by atoms with Gasteiger partial charge in [0.25, 0.3) is 5.56 Å². The van der Waals surface area contributed by atoms with Crippen molar-refractivity contribution in [1.29, 1.82) is 0 Å². The first kappa shape index (κ1) is 29.8. The molecule has 0 aliphatic heterocycles. The summed E-state index contributed by atoms with van der Waals surface area (Å²) >= 11 is 0. The molecule has 226 valence electrons. The fraction of sp³-hybridized carbons (Fsp3) is 0.184. The van der Waals surface area contributed by atoms with Crippen LogP contribution in [0.4, 0.5) is 4.39 Å². The van der Waals surface area contributed by atoms with Crippen molar-refractivity contribution in [1.82, 2.24) is 9.66 Å². The molecule has 0 radical (unpaired) electrons. The van der Waals surface area contributed by atoms with Crippen molar-refractivity contribution in [2.45, 2.75) is 40.2 Å². The number of benzene rings is 5. The van der Waals surface area contributed by atoms with Gasteiger partial charge in [-0.2, -0.15) is 9.78 Å². The lowest BCUT2D eigenvalue weighted by molar-refractivity contribution is 0.305. The maximum atomic E-state index is 14.1. The van der Waals surface area contributed by atoms with E-state index in [9.17, 15) is 9.18 Å². The van der Waals surface area contributed by atoms with Crippen LogP contribution in [0.2, 0.25) is 0 Å². The first-order chi connectivity index (χ1) is 21.8. The second kappa shape index (κ2) is 12.7. The molecule has 0 bridgehead atoms. The Kier molecular flexibility index (Phi) is 8.43. The highest BCUT2D eigenvalue weighted by Crippen LogP contribution is 2.34. The SMILES string of the molecule is CCOc1cc(C)c(-c2nc3ccccc3c(=O)n2N=Cc2c(OCc3cccc(F)c3)ccc3ccccc23)cc1C(C)C. The zero-order chi connectivity index (χ0) is 31.5. The molecule has 45 heavy (non-hydrogen) atoms. The normalized spacial score (nSPS) is 11.6. The van der Waals surface area contributed by atoms with Crippen LogP contribution < -0.4 is 15.0 Å². The maximum Gasteiger partial charge on any atom is 0.282 e. The van der Waals surface area contributed by atoms with Crippen molar-refractivity contribution in [2.24, 2.45) is 5.10 Å². The molecular formula is C38H34FN3O3. The summed E-state index contributed by atoms with van der Waals surface area (Å²) < 4.78 is 27.4. The van der Waals surface area contributed by atoms with Crippen molar-refractivity contribution in [2.75, 3.05) is 6.61 Å². The van der Waals surface area contributed by atoms with Crippen molar-refractivity contribution >= 4 is 27.9 Å². The summed E-state index contributed by atoms with van der Waals surface area (Å²) in [5, 5.41) is 7.16. The molecule has 0 unspecified atom stereocenters. The smallest absolute Gasteiger partial charge is 0.282 e. The van der Waals surface area contributed by atoms with Gasteiger partial charge in [-0.05, 0) is 89.7 Å². The van der Waals surface area contributed by atoms with Gasteiger partial charge in [0.05, 0.1) is 23.7 Å². The van der Waals surface area contributed by atoms with Gasteiger partial charge in [-0.3, -0.25) is 4.79 Å². The zero-order valence-corrected chi connectivity index (χ0v) is 25.8. The largest absolute Gasteiger partial charge is 0.494 e. The fourth-order valence-electron chi connectivity index (χ4n) is 5.51. The van der Waals surface area contributed by atoms with Gasteiger partial charge in [0.1, 0.15) is 23.9 Å². The summed E-state index contributed by atoms with van der Waals surface area (Å²) in [7, 11) is 0. The van der Waals surface area contributed by atoms with Crippen LogP contribution in [0, 0.1) is 12.7 Å². The molecule has 1 aromatic heterocycles. The van der Waals surface area contributed by atoms with E-state index in [1.165, 1.54) is 16.8 Å². The Balaban J connectivity index is 1.53. The van der Waals surface area contributed by atoms with Crippen molar-refractivity contribution in [3.8, 4) is 22.9 Å². The van der Waals surface area contributed by atoms with Crippen LogP contribution in [0.5, 0.6) is 11.5 Å². The number of fused-ring (bicyclic) bond motifs is 2. The van der Waals surface area contributed by atoms with E-state index in [0.717, 1.165) is 33.2 Å². The standard InChI is InChI=1S/C38H34FN3O3/c1-5-44-36-19-25(4)32(21-31(36)24(2)3)37-41-34-16-9-8-15-30(34)38(43)42(37)40-22-33-29-14-7-6-12-27(29)17-18-35(33)45-23-26-11-10-13-28(39)20-26/h6-22,24H,5,23H2,1-4H3. The summed E-state index contributed by atoms with van der Waals surface area (Å²) in [4.78, 5) is 19.0. The highest BCUT2D eigenvalue weighted by atomic mass is 19.1. The van der Waals surface area contributed by atoms with Crippen LogP contribution in [0.15, 0.2) is 107 Å². The summed E-state index contributed by atoms with van der Waals surface area (Å²) in [6.07, 6.45) is 1.65. The van der Waals surface area contributed by atoms with Crippen molar-refractivity contribution < 1.29 is 13.9 Å². The van der Waals surface area contributed by atoms with Gasteiger partial charge in [-0.1, -0.05) is 68.4 Å². The molecule has 5 aromatic carbocycles. The average Bonchev–Trinajstić information content (AvgIpc) is 3.03. The minimum absolute atomic E-state index is 0.170. The molecule has 0 amide bonds. The number of para-hydroxylation sites is 1. The molecule has 0 spiro atoms. The predicted molar refractivity (Wildman–Crippen MR) is 179 cm³/mol. The second-order valence-corrected chi connectivity index (χ2v) is 11.2. The van der Waals surface area contributed by atoms with Gasteiger partial charge in [0, 0.05) is 11.1 Å². The van der Waals surface area contributed by atoms with Crippen LogP contribution in [0.3, 0.4) is 0 Å². The average molecular weight is 600 g/mol. The summed E-state index contributed by atoms with van der Waals surface area (Å²) in [6, 6.07) is 29.4. The topological polar surface area (TPSA) is 65.7 Å². The van der Waals surface area contributed by atoms with Gasteiger partial charge in [-0.25, -0.2) is 9.37 Å². The third kappa shape index (κ3) is 6.07. The predicted octanol–water partition coefficient (Wildman–Crippen LogP) is 8.65. The number of hydrogen-bond acceptors (Lipinski definition) is 5. The number of aromatic nitrogens is 2. The molecule has 6 nitrogen and oxygen atoms in total. The maximum absolute atomic E-state index is 14.1. The monoisotopic (exact) mass is 599 g/mol. The highest BCUT2D eigenvalue weighted by molar-refractivity contribution is 6.02. The first-order valence-electron chi connectivity index (χ1n) is 15.1. The molecular weight excluding hydrogens is 565 g/mol. The Morgan fingerprint density at radius 2 is 1.67 bits per heavy atom. The third-order valence-corrected chi connectivity index (χ3v) is 7.79. The Morgan fingerprint density at radius 1 is 0.889 bits per heavy atom. The molecule has 0 fully saturated rings. The van der Waals surface area contributed by atoms with Crippen LogP contribution in [-0.2, 0) is 6.61 Å². The van der Waals surface area contributed by atoms with Gasteiger partial charge in [0.2, 0.25) is 0 Å². The molecule has 0 aliphatic rings.